The molecule has 2 aromatic rings. The van der Waals surface area contributed by atoms with Crippen LogP contribution in [0.1, 0.15) is 48.7 Å². The van der Waals surface area contributed by atoms with Crippen LogP contribution in [0.25, 0.3) is 0 Å². The molecule has 6 nitrogen and oxygen atoms in total. The molecule has 2 atom stereocenters. The Morgan fingerprint density at radius 2 is 2.17 bits per heavy atom. The maximum Gasteiger partial charge on any atom is 0.230 e. The molecule has 0 aromatic carbocycles. The van der Waals surface area contributed by atoms with E-state index in [1.54, 1.807) is 6.20 Å². The average molecular weight is 315 g/mol. The minimum absolute atomic E-state index is 0.148. The van der Waals surface area contributed by atoms with Gasteiger partial charge in [0.15, 0.2) is 0 Å². The van der Waals surface area contributed by atoms with Gasteiger partial charge in [0.2, 0.25) is 5.91 Å². The van der Waals surface area contributed by atoms with E-state index < -0.39 is 0 Å². The average Bonchev–Trinajstić information content (AvgIpc) is 3.16. The number of carbonyl (C=O) groups excluding carboxylic acids is 1. The van der Waals surface area contributed by atoms with Crippen molar-refractivity contribution in [2.75, 3.05) is 13.1 Å². The molecule has 3 rings (SSSR count). The second kappa shape index (κ2) is 6.18. The summed E-state index contributed by atoms with van der Waals surface area (Å²) in [7, 11) is 1.93. The highest BCUT2D eigenvalue weighted by Gasteiger charge is 2.30. The highest BCUT2D eigenvalue weighted by molar-refractivity contribution is 5.84. The van der Waals surface area contributed by atoms with Crippen molar-refractivity contribution < 1.29 is 4.79 Å². The van der Waals surface area contributed by atoms with E-state index in [1.165, 1.54) is 0 Å². The topological polar surface area (TPSA) is 56.0 Å². The molecule has 1 amide bonds. The third kappa shape index (κ3) is 2.90. The summed E-state index contributed by atoms with van der Waals surface area (Å²) >= 11 is 0. The van der Waals surface area contributed by atoms with Crippen LogP contribution in [-0.2, 0) is 11.8 Å². The van der Waals surface area contributed by atoms with Gasteiger partial charge in [-0.1, -0.05) is 0 Å². The van der Waals surface area contributed by atoms with Crippen molar-refractivity contribution in [1.82, 2.24) is 24.2 Å². The fraction of sp³-hybridized carbons (Fsp3) is 0.588. The third-order valence-corrected chi connectivity index (χ3v) is 5.02. The normalized spacial score (nSPS) is 19.8. The van der Waals surface area contributed by atoms with Gasteiger partial charge in [0.1, 0.15) is 0 Å². The number of hydrogen-bond acceptors (Lipinski definition) is 3. The van der Waals surface area contributed by atoms with Crippen LogP contribution in [-0.4, -0.2) is 43.2 Å². The van der Waals surface area contributed by atoms with Gasteiger partial charge in [0.05, 0.1) is 24.0 Å². The summed E-state index contributed by atoms with van der Waals surface area (Å²) < 4.78 is 3.98. The van der Waals surface area contributed by atoms with Gasteiger partial charge in [-0.15, -0.1) is 0 Å². The van der Waals surface area contributed by atoms with Crippen molar-refractivity contribution in [1.29, 1.82) is 0 Å². The van der Waals surface area contributed by atoms with Crippen molar-refractivity contribution in [3.8, 4) is 0 Å². The predicted molar refractivity (Wildman–Crippen MR) is 88.2 cm³/mol. The maximum atomic E-state index is 13.0. The Balaban J connectivity index is 1.77. The minimum atomic E-state index is -0.148. The second-order valence-electron chi connectivity index (χ2n) is 6.52. The lowest BCUT2D eigenvalue weighted by molar-refractivity contribution is -0.134. The number of hydrogen-bond donors (Lipinski definition) is 0. The summed E-state index contributed by atoms with van der Waals surface area (Å²) in [4.78, 5) is 19.1. The summed E-state index contributed by atoms with van der Waals surface area (Å²) in [6.07, 6.45) is 7.76. The van der Waals surface area contributed by atoms with Crippen LogP contribution < -0.4 is 0 Å². The Labute approximate surface area is 137 Å². The lowest BCUT2D eigenvalue weighted by Gasteiger charge is -2.35. The third-order valence-electron chi connectivity index (χ3n) is 5.02. The van der Waals surface area contributed by atoms with E-state index in [0.29, 0.717) is 6.04 Å². The first-order valence-electron chi connectivity index (χ1n) is 8.25. The zero-order valence-corrected chi connectivity index (χ0v) is 14.4. The molecular weight excluding hydrogens is 290 g/mol. The Morgan fingerprint density at radius 1 is 1.39 bits per heavy atom. The number of nitrogens with zero attached hydrogens (tertiary/aromatic N) is 5. The standard InChI is InChI=1S/C17H25N5O/c1-12(16-13(2)19-20(4)14(16)3)17(23)21-8-5-6-15(10-21)22-9-7-18-11-22/h7,9,11-12,15H,5-6,8,10H2,1-4H3. The molecule has 0 spiro atoms. The van der Waals surface area contributed by atoms with Gasteiger partial charge in [-0.05, 0) is 33.6 Å². The molecule has 1 saturated heterocycles. The SMILES string of the molecule is Cc1nn(C)c(C)c1C(C)C(=O)N1CCCC(n2ccnc2)C1. The predicted octanol–water partition coefficient (Wildman–Crippen LogP) is 2.20. The fourth-order valence-electron chi connectivity index (χ4n) is 3.70. The van der Waals surface area contributed by atoms with E-state index in [2.05, 4.69) is 14.6 Å². The number of aryl methyl sites for hydroxylation is 2. The number of aromatic nitrogens is 4. The summed E-state index contributed by atoms with van der Waals surface area (Å²) in [5.41, 5.74) is 3.10. The number of amides is 1. The molecule has 1 fully saturated rings. The molecule has 2 unspecified atom stereocenters. The first-order valence-corrected chi connectivity index (χ1v) is 8.25. The van der Waals surface area contributed by atoms with Crippen LogP contribution in [0.2, 0.25) is 0 Å². The van der Waals surface area contributed by atoms with Crippen molar-refractivity contribution >= 4 is 5.91 Å². The molecule has 2 aromatic heterocycles. The van der Waals surface area contributed by atoms with E-state index in [9.17, 15) is 4.79 Å². The largest absolute Gasteiger partial charge is 0.340 e. The Kier molecular flexibility index (Phi) is 4.24. The van der Waals surface area contributed by atoms with Gasteiger partial charge < -0.3 is 9.47 Å². The molecule has 3 heterocycles. The minimum Gasteiger partial charge on any atom is -0.340 e. The molecular formula is C17H25N5O. The molecule has 1 aliphatic rings. The molecule has 124 valence electrons. The first kappa shape index (κ1) is 15.8. The quantitative estimate of drug-likeness (QED) is 0.872. The van der Waals surface area contributed by atoms with Crippen LogP contribution in [0.3, 0.4) is 0 Å². The smallest absolute Gasteiger partial charge is 0.230 e. The number of carbonyl (C=O) groups is 1. The van der Waals surface area contributed by atoms with E-state index in [1.807, 2.05) is 49.9 Å². The Morgan fingerprint density at radius 3 is 2.78 bits per heavy atom. The summed E-state index contributed by atoms with van der Waals surface area (Å²) in [5.74, 6) is 0.0549. The molecule has 1 aliphatic heterocycles. The van der Waals surface area contributed by atoms with Gasteiger partial charge in [-0.25, -0.2) is 4.98 Å². The number of rotatable bonds is 3. The zero-order chi connectivity index (χ0) is 16.6. The van der Waals surface area contributed by atoms with Crippen LogP contribution in [0.5, 0.6) is 0 Å². The van der Waals surface area contributed by atoms with Gasteiger partial charge in [0.25, 0.3) is 0 Å². The number of likely N-dealkylation sites (tertiary alicyclic amines) is 1. The maximum absolute atomic E-state index is 13.0. The summed E-state index contributed by atoms with van der Waals surface area (Å²) in [6.45, 7) is 7.62. The van der Waals surface area contributed by atoms with Crippen molar-refractivity contribution in [2.24, 2.45) is 7.05 Å². The van der Waals surface area contributed by atoms with Gasteiger partial charge >= 0.3 is 0 Å². The van der Waals surface area contributed by atoms with E-state index in [4.69, 9.17) is 0 Å². The first-order chi connectivity index (χ1) is 11.0. The Bertz CT molecular complexity index is 688. The summed E-state index contributed by atoms with van der Waals surface area (Å²) in [5, 5.41) is 4.45. The van der Waals surface area contributed by atoms with Crippen LogP contribution in [0.4, 0.5) is 0 Å². The molecule has 0 bridgehead atoms. The van der Waals surface area contributed by atoms with Gasteiger partial charge in [0, 0.05) is 43.8 Å². The Hall–Kier alpha value is -2.11. The molecule has 0 N–H and O–H groups in total. The van der Waals surface area contributed by atoms with Crippen molar-refractivity contribution in [3.63, 3.8) is 0 Å². The zero-order valence-electron chi connectivity index (χ0n) is 14.4. The van der Waals surface area contributed by atoms with E-state index in [0.717, 1.165) is 42.9 Å². The van der Waals surface area contributed by atoms with Gasteiger partial charge in [-0.2, -0.15) is 5.10 Å². The van der Waals surface area contributed by atoms with E-state index >= 15 is 0 Å². The van der Waals surface area contributed by atoms with E-state index in [-0.39, 0.29) is 11.8 Å². The number of piperidine rings is 1. The second-order valence-corrected chi connectivity index (χ2v) is 6.52. The van der Waals surface area contributed by atoms with Gasteiger partial charge in [-0.3, -0.25) is 9.48 Å². The molecule has 6 heteroatoms. The van der Waals surface area contributed by atoms with Crippen LogP contribution in [0, 0.1) is 13.8 Å². The molecule has 0 radical (unpaired) electrons. The highest BCUT2D eigenvalue weighted by atomic mass is 16.2. The van der Waals surface area contributed by atoms with Crippen molar-refractivity contribution in [3.05, 3.63) is 35.7 Å². The van der Waals surface area contributed by atoms with Crippen LogP contribution >= 0.6 is 0 Å². The summed E-state index contributed by atoms with van der Waals surface area (Å²) in [6, 6.07) is 0.332. The lowest BCUT2D eigenvalue weighted by atomic mass is 9.96. The molecule has 0 aliphatic carbocycles. The monoisotopic (exact) mass is 315 g/mol. The number of imidazole rings is 1. The van der Waals surface area contributed by atoms with Crippen molar-refractivity contribution in [2.45, 2.75) is 45.6 Å². The van der Waals surface area contributed by atoms with Crippen LogP contribution in [0.15, 0.2) is 18.7 Å². The molecule has 0 saturated carbocycles. The highest BCUT2D eigenvalue weighted by Crippen LogP contribution is 2.28. The molecule has 23 heavy (non-hydrogen) atoms. The lowest BCUT2D eigenvalue weighted by Crippen LogP contribution is -2.42. The fourth-order valence-corrected chi connectivity index (χ4v) is 3.70.